The zero-order valence-electron chi connectivity index (χ0n) is 18.1. The van der Waals surface area contributed by atoms with Crippen molar-refractivity contribution in [2.75, 3.05) is 57.1 Å². The molecular formula is C22H28N2O7. The van der Waals surface area contributed by atoms with Crippen molar-refractivity contribution in [1.82, 2.24) is 0 Å². The average Bonchev–Trinajstić information content (AvgIpc) is 2.83. The van der Waals surface area contributed by atoms with E-state index in [-0.39, 0.29) is 36.5 Å². The average molecular weight is 432 g/mol. The molecule has 1 saturated heterocycles. The standard InChI is InChI=1S/C22H28N2O7/c1-4-31-20(25)15-9-11-23(12-10-15)16-5-7-17(8-6-16)24-14-30-13-18(21(26)28-2)19(24)22(27)29-3/h5-8,15H,4,9-14H2,1-3H3. The summed E-state index contributed by atoms with van der Waals surface area (Å²) in [6, 6.07) is 7.61. The third-order valence-corrected chi connectivity index (χ3v) is 5.47. The number of esters is 3. The maximum atomic E-state index is 12.4. The van der Waals surface area contributed by atoms with Crippen LogP contribution in [0.1, 0.15) is 19.8 Å². The fraction of sp³-hybridized carbons (Fsp3) is 0.500. The lowest BCUT2D eigenvalue weighted by Gasteiger charge is -2.34. The Hall–Kier alpha value is -3.07. The number of benzene rings is 1. The lowest BCUT2D eigenvalue weighted by Crippen LogP contribution is -2.39. The number of ether oxygens (including phenoxy) is 4. The van der Waals surface area contributed by atoms with Gasteiger partial charge in [0.1, 0.15) is 12.4 Å². The Morgan fingerprint density at radius 1 is 1.00 bits per heavy atom. The van der Waals surface area contributed by atoms with Crippen molar-refractivity contribution in [3.63, 3.8) is 0 Å². The molecule has 168 valence electrons. The van der Waals surface area contributed by atoms with Gasteiger partial charge < -0.3 is 28.7 Å². The molecule has 31 heavy (non-hydrogen) atoms. The summed E-state index contributed by atoms with van der Waals surface area (Å²) in [6.07, 6.45) is 1.50. The fourth-order valence-electron chi connectivity index (χ4n) is 3.82. The molecule has 0 radical (unpaired) electrons. The number of nitrogens with zero attached hydrogens (tertiary/aromatic N) is 2. The van der Waals surface area contributed by atoms with E-state index in [2.05, 4.69) is 4.90 Å². The van der Waals surface area contributed by atoms with Gasteiger partial charge >= 0.3 is 17.9 Å². The lowest BCUT2D eigenvalue weighted by atomic mass is 9.96. The first-order valence-electron chi connectivity index (χ1n) is 10.3. The Kier molecular flexibility index (Phi) is 7.51. The smallest absolute Gasteiger partial charge is 0.355 e. The molecule has 0 amide bonds. The zero-order chi connectivity index (χ0) is 22.4. The first kappa shape index (κ1) is 22.6. The molecule has 0 unspecified atom stereocenters. The van der Waals surface area contributed by atoms with E-state index in [4.69, 9.17) is 18.9 Å². The van der Waals surface area contributed by atoms with Gasteiger partial charge in [-0.3, -0.25) is 4.79 Å². The van der Waals surface area contributed by atoms with E-state index in [9.17, 15) is 14.4 Å². The van der Waals surface area contributed by atoms with E-state index in [0.29, 0.717) is 12.3 Å². The normalized spacial score (nSPS) is 17.4. The van der Waals surface area contributed by atoms with Gasteiger partial charge in [0.2, 0.25) is 0 Å². The Morgan fingerprint density at radius 2 is 1.61 bits per heavy atom. The van der Waals surface area contributed by atoms with Gasteiger partial charge in [-0.2, -0.15) is 0 Å². The van der Waals surface area contributed by atoms with E-state index in [1.165, 1.54) is 14.2 Å². The SMILES string of the molecule is CCOC(=O)C1CCN(c2ccc(N3COCC(C(=O)OC)=C3C(=O)OC)cc2)CC1. The summed E-state index contributed by atoms with van der Waals surface area (Å²) in [5.41, 5.74) is 1.93. The van der Waals surface area contributed by atoms with Crippen molar-refractivity contribution >= 4 is 29.3 Å². The molecule has 2 aliphatic rings. The van der Waals surface area contributed by atoms with Crippen molar-refractivity contribution in [3.05, 3.63) is 35.5 Å². The van der Waals surface area contributed by atoms with Gasteiger partial charge in [0.25, 0.3) is 0 Å². The summed E-state index contributed by atoms with van der Waals surface area (Å²) in [7, 11) is 2.52. The minimum atomic E-state index is -0.633. The number of carbonyl (C=O) groups is 3. The number of rotatable bonds is 6. The molecule has 9 nitrogen and oxygen atoms in total. The van der Waals surface area contributed by atoms with E-state index in [1.54, 1.807) is 4.90 Å². The number of piperidine rings is 1. The van der Waals surface area contributed by atoms with E-state index in [1.807, 2.05) is 31.2 Å². The van der Waals surface area contributed by atoms with Crippen molar-refractivity contribution in [2.45, 2.75) is 19.8 Å². The molecule has 1 fully saturated rings. The topological polar surface area (TPSA) is 94.6 Å². The molecule has 0 atom stereocenters. The van der Waals surface area contributed by atoms with Crippen molar-refractivity contribution in [2.24, 2.45) is 5.92 Å². The minimum absolute atomic E-state index is 0.0267. The Labute approximate surface area is 181 Å². The molecule has 0 bridgehead atoms. The predicted molar refractivity (Wildman–Crippen MR) is 112 cm³/mol. The molecule has 2 aliphatic heterocycles. The molecule has 0 aliphatic carbocycles. The van der Waals surface area contributed by atoms with Crippen LogP contribution < -0.4 is 9.80 Å². The second-order valence-electron chi connectivity index (χ2n) is 7.25. The van der Waals surface area contributed by atoms with Crippen LogP contribution in [0.2, 0.25) is 0 Å². The fourth-order valence-corrected chi connectivity index (χ4v) is 3.82. The second kappa shape index (κ2) is 10.3. The zero-order valence-corrected chi connectivity index (χ0v) is 18.1. The highest BCUT2D eigenvalue weighted by atomic mass is 16.5. The maximum absolute atomic E-state index is 12.4. The van der Waals surface area contributed by atoms with Crippen LogP contribution in [0.5, 0.6) is 0 Å². The van der Waals surface area contributed by atoms with E-state index < -0.39 is 11.9 Å². The van der Waals surface area contributed by atoms with Gasteiger partial charge in [0, 0.05) is 24.5 Å². The molecule has 0 saturated carbocycles. The van der Waals surface area contributed by atoms with Gasteiger partial charge in [-0.25, -0.2) is 9.59 Å². The predicted octanol–water partition coefficient (Wildman–Crippen LogP) is 1.86. The highest BCUT2D eigenvalue weighted by Gasteiger charge is 2.32. The minimum Gasteiger partial charge on any atom is -0.466 e. The molecule has 0 N–H and O–H groups in total. The van der Waals surface area contributed by atoms with Gasteiger partial charge in [0.05, 0.1) is 38.9 Å². The number of carbonyl (C=O) groups excluding carboxylic acids is 3. The molecule has 1 aromatic carbocycles. The second-order valence-corrected chi connectivity index (χ2v) is 7.25. The summed E-state index contributed by atoms with van der Waals surface area (Å²) in [6.45, 7) is 3.82. The summed E-state index contributed by atoms with van der Waals surface area (Å²) >= 11 is 0. The third kappa shape index (κ3) is 4.99. The highest BCUT2D eigenvalue weighted by molar-refractivity contribution is 6.03. The summed E-state index contributed by atoms with van der Waals surface area (Å²) in [5, 5.41) is 0. The number of hydrogen-bond donors (Lipinski definition) is 0. The van der Waals surface area contributed by atoms with Crippen molar-refractivity contribution in [1.29, 1.82) is 0 Å². The summed E-state index contributed by atoms with van der Waals surface area (Å²) < 4.78 is 20.3. The van der Waals surface area contributed by atoms with Crippen LogP contribution in [-0.4, -0.2) is 65.2 Å². The molecule has 9 heteroatoms. The summed E-state index contributed by atoms with van der Waals surface area (Å²) in [4.78, 5) is 40.3. The van der Waals surface area contributed by atoms with Crippen LogP contribution in [0, 0.1) is 5.92 Å². The quantitative estimate of drug-likeness (QED) is 0.493. The number of anilines is 2. The number of hydrogen-bond acceptors (Lipinski definition) is 9. The molecule has 0 aromatic heterocycles. The van der Waals surface area contributed by atoms with Gasteiger partial charge in [-0.15, -0.1) is 0 Å². The largest absolute Gasteiger partial charge is 0.466 e. The van der Waals surface area contributed by atoms with Crippen LogP contribution >= 0.6 is 0 Å². The Morgan fingerprint density at radius 3 is 2.19 bits per heavy atom. The van der Waals surface area contributed by atoms with Crippen LogP contribution in [0.3, 0.4) is 0 Å². The molecule has 3 rings (SSSR count). The maximum Gasteiger partial charge on any atom is 0.355 e. The third-order valence-electron chi connectivity index (χ3n) is 5.47. The Bertz CT molecular complexity index is 842. The highest BCUT2D eigenvalue weighted by Crippen LogP contribution is 2.30. The van der Waals surface area contributed by atoms with E-state index >= 15 is 0 Å². The summed E-state index contributed by atoms with van der Waals surface area (Å²) in [5.74, 6) is -1.43. The van der Waals surface area contributed by atoms with Gasteiger partial charge in [0.15, 0.2) is 0 Å². The van der Waals surface area contributed by atoms with Crippen LogP contribution in [-0.2, 0) is 33.3 Å². The van der Waals surface area contributed by atoms with Gasteiger partial charge in [-0.1, -0.05) is 0 Å². The van der Waals surface area contributed by atoms with E-state index in [0.717, 1.165) is 31.6 Å². The molecule has 0 spiro atoms. The van der Waals surface area contributed by atoms with Crippen molar-refractivity contribution < 1.29 is 33.3 Å². The Balaban J connectivity index is 1.75. The molecule has 2 heterocycles. The van der Waals surface area contributed by atoms with Crippen molar-refractivity contribution in [3.8, 4) is 0 Å². The van der Waals surface area contributed by atoms with Gasteiger partial charge in [-0.05, 0) is 44.0 Å². The monoisotopic (exact) mass is 432 g/mol. The first-order chi connectivity index (χ1) is 15.0. The molecular weight excluding hydrogens is 404 g/mol. The number of methoxy groups -OCH3 is 2. The van der Waals surface area contributed by atoms with Crippen LogP contribution in [0.4, 0.5) is 11.4 Å². The molecule has 1 aromatic rings. The van der Waals surface area contributed by atoms with Crippen LogP contribution in [0.15, 0.2) is 35.5 Å². The first-order valence-corrected chi connectivity index (χ1v) is 10.3. The van der Waals surface area contributed by atoms with Crippen LogP contribution in [0.25, 0.3) is 0 Å². The lowest BCUT2D eigenvalue weighted by molar-refractivity contribution is -0.148.